The van der Waals surface area contributed by atoms with Crippen molar-refractivity contribution in [2.24, 2.45) is 11.8 Å². The fourth-order valence-corrected chi connectivity index (χ4v) is 5.42. The molecule has 9 atom stereocenters. The molecule has 0 radical (unpaired) electrons. The summed E-state index contributed by atoms with van der Waals surface area (Å²) in [6.07, 6.45) is -9.36. The molecule has 0 amide bonds. The molecule has 0 aliphatic carbocycles. The van der Waals surface area contributed by atoms with E-state index in [1.807, 2.05) is 0 Å². The van der Waals surface area contributed by atoms with Gasteiger partial charge in [-0.25, -0.2) is 4.79 Å². The Balaban J connectivity index is 2.40. The highest BCUT2D eigenvalue weighted by molar-refractivity contribution is 5.76. The van der Waals surface area contributed by atoms with Gasteiger partial charge in [-0.1, -0.05) is 27.7 Å². The molecule has 2 aliphatic heterocycles. The summed E-state index contributed by atoms with van der Waals surface area (Å²) in [5.41, 5.74) is -2.75. The average Bonchev–Trinajstić information content (AvgIpc) is 2.83. The maximum Gasteiger partial charge on any atom is 0.338 e. The van der Waals surface area contributed by atoms with Crippen LogP contribution in [0.4, 0.5) is 0 Å². The number of cyclic esters (lactones) is 1. The number of rotatable bonds is 10. The van der Waals surface area contributed by atoms with E-state index in [2.05, 4.69) is 0 Å². The van der Waals surface area contributed by atoms with Gasteiger partial charge >= 0.3 is 5.97 Å². The molecule has 0 spiro atoms. The van der Waals surface area contributed by atoms with E-state index in [1.54, 1.807) is 27.7 Å². The standard InChI is InChI=1S/C22H40O11/c1-5-21(30,6-2)13-11(9-23)32-20(18(28)15(13)25)33-22(7-3,8-4)14-12(10-24)31-19(29)17(27)16(14)26/h11-18,20,23-28,30H,5-10H2,1-4H3. The van der Waals surface area contributed by atoms with E-state index in [4.69, 9.17) is 14.2 Å². The molecule has 9 unspecified atom stereocenters. The van der Waals surface area contributed by atoms with Gasteiger partial charge in [0.25, 0.3) is 0 Å². The summed E-state index contributed by atoms with van der Waals surface area (Å²) in [6, 6.07) is 0. The molecule has 0 bridgehead atoms. The lowest BCUT2D eigenvalue weighted by molar-refractivity contribution is -0.350. The van der Waals surface area contributed by atoms with E-state index < -0.39 is 85.1 Å². The van der Waals surface area contributed by atoms with Crippen molar-refractivity contribution in [1.82, 2.24) is 0 Å². The van der Waals surface area contributed by atoms with Gasteiger partial charge in [-0.05, 0) is 25.7 Å². The third-order valence-corrected chi connectivity index (χ3v) is 7.67. The number of carbonyl (C=O) groups is 1. The lowest BCUT2D eigenvalue weighted by Crippen LogP contribution is -2.67. The first-order valence-corrected chi connectivity index (χ1v) is 11.7. The van der Waals surface area contributed by atoms with Crippen LogP contribution in [0.5, 0.6) is 0 Å². The summed E-state index contributed by atoms with van der Waals surface area (Å²) >= 11 is 0. The Morgan fingerprint density at radius 1 is 0.818 bits per heavy atom. The van der Waals surface area contributed by atoms with Gasteiger partial charge in [0, 0.05) is 5.92 Å². The third kappa shape index (κ3) is 5.07. The fourth-order valence-electron chi connectivity index (χ4n) is 5.42. The molecule has 2 heterocycles. The van der Waals surface area contributed by atoms with E-state index >= 15 is 0 Å². The van der Waals surface area contributed by atoms with Crippen LogP contribution in [0.2, 0.25) is 0 Å². The van der Waals surface area contributed by atoms with Gasteiger partial charge < -0.3 is 50.0 Å². The lowest BCUT2D eigenvalue weighted by Gasteiger charge is -2.53. The maximum atomic E-state index is 11.8. The van der Waals surface area contributed by atoms with E-state index in [-0.39, 0.29) is 25.7 Å². The zero-order valence-corrected chi connectivity index (χ0v) is 19.7. The van der Waals surface area contributed by atoms with Crippen LogP contribution in [0, 0.1) is 11.8 Å². The summed E-state index contributed by atoms with van der Waals surface area (Å²) in [5, 5.41) is 73.3. The van der Waals surface area contributed by atoms with Gasteiger partial charge in [0.2, 0.25) is 0 Å². The molecular formula is C22H40O11. The molecule has 0 aromatic heterocycles. The van der Waals surface area contributed by atoms with Crippen molar-refractivity contribution < 1.29 is 54.8 Å². The first-order valence-electron chi connectivity index (χ1n) is 11.7. The van der Waals surface area contributed by atoms with Crippen molar-refractivity contribution in [2.75, 3.05) is 13.2 Å². The minimum Gasteiger partial charge on any atom is -0.457 e. The monoisotopic (exact) mass is 480 g/mol. The predicted molar refractivity (Wildman–Crippen MR) is 114 cm³/mol. The van der Waals surface area contributed by atoms with E-state index in [0.29, 0.717) is 0 Å². The zero-order chi connectivity index (χ0) is 25.1. The number of carbonyl (C=O) groups excluding carboxylic acids is 1. The van der Waals surface area contributed by atoms with Gasteiger partial charge in [0.05, 0.1) is 48.6 Å². The Morgan fingerprint density at radius 3 is 1.82 bits per heavy atom. The predicted octanol–water partition coefficient (Wildman–Crippen LogP) is -1.58. The molecule has 7 N–H and O–H groups in total. The Morgan fingerprint density at radius 2 is 1.36 bits per heavy atom. The maximum absolute atomic E-state index is 11.8. The van der Waals surface area contributed by atoms with Crippen LogP contribution in [-0.2, 0) is 19.0 Å². The highest BCUT2D eigenvalue weighted by Crippen LogP contribution is 2.44. The van der Waals surface area contributed by atoms with Gasteiger partial charge in [-0.3, -0.25) is 0 Å². The average molecular weight is 481 g/mol. The second-order valence-corrected chi connectivity index (χ2v) is 9.05. The van der Waals surface area contributed by atoms with Gasteiger partial charge in [-0.2, -0.15) is 0 Å². The van der Waals surface area contributed by atoms with Crippen LogP contribution >= 0.6 is 0 Å². The minimum atomic E-state index is -1.85. The molecule has 0 aromatic carbocycles. The second-order valence-electron chi connectivity index (χ2n) is 9.05. The van der Waals surface area contributed by atoms with Crippen LogP contribution < -0.4 is 0 Å². The smallest absolute Gasteiger partial charge is 0.338 e. The Hall–Kier alpha value is -0.890. The topological polar surface area (TPSA) is 186 Å². The summed E-state index contributed by atoms with van der Waals surface area (Å²) in [4.78, 5) is 11.8. The Bertz CT molecular complexity index is 632. The van der Waals surface area contributed by atoms with E-state index in [1.165, 1.54) is 0 Å². The number of ether oxygens (including phenoxy) is 3. The first kappa shape index (κ1) is 28.3. The van der Waals surface area contributed by atoms with Crippen molar-refractivity contribution in [3.63, 3.8) is 0 Å². The van der Waals surface area contributed by atoms with Gasteiger partial charge in [-0.15, -0.1) is 0 Å². The van der Waals surface area contributed by atoms with Crippen LogP contribution in [0.3, 0.4) is 0 Å². The quantitative estimate of drug-likeness (QED) is 0.179. The van der Waals surface area contributed by atoms with E-state index in [9.17, 15) is 40.5 Å². The largest absolute Gasteiger partial charge is 0.457 e. The fraction of sp³-hybridized carbons (Fsp3) is 0.955. The van der Waals surface area contributed by atoms with Gasteiger partial charge in [0.1, 0.15) is 12.2 Å². The number of aliphatic hydroxyl groups is 7. The molecule has 2 fully saturated rings. The molecule has 2 aliphatic rings. The molecule has 2 saturated heterocycles. The summed E-state index contributed by atoms with van der Waals surface area (Å²) in [5.74, 6) is -3.13. The highest BCUT2D eigenvalue weighted by Gasteiger charge is 2.58. The van der Waals surface area contributed by atoms with Crippen LogP contribution in [0.15, 0.2) is 0 Å². The van der Waals surface area contributed by atoms with Crippen molar-refractivity contribution in [3.8, 4) is 0 Å². The second kappa shape index (κ2) is 11.2. The van der Waals surface area contributed by atoms with Crippen LogP contribution in [0.1, 0.15) is 53.4 Å². The van der Waals surface area contributed by atoms with Crippen molar-refractivity contribution in [1.29, 1.82) is 0 Å². The SMILES string of the molecule is CCC(O)(CC)C1C(CO)OC(OC(CC)(CC)C2C(CO)OC(=O)C(O)C2O)C(O)C1O. The van der Waals surface area contributed by atoms with Crippen LogP contribution in [-0.4, -0.2) is 109 Å². The zero-order valence-electron chi connectivity index (χ0n) is 19.7. The molecule has 194 valence electrons. The number of hydrogen-bond acceptors (Lipinski definition) is 11. The lowest BCUT2D eigenvalue weighted by atomic mass is 9.72. The Labute approximate surface area is 193 Å². The summed E-state index contributed by atoms with van der Waals surface area (Å²) in [7, 11) is 0. The number of aliphatic hydroxyl groups excluding tert-OH is 6. The summed E-state index contributed by atoms with van der Waals surface area (Å²) < 4.78 is 17.1. The van der Waals surface area contributed by atoms with E-state index in [0.717, 1.165) is 0 Å². The molecule has 2 rings (SSSR count). The van der Waals surface area contributed by atoms with Gasteiger partial charge in [0.15, 0.2) is 12.4 Å². The molecule has 11 nitrogen and oxygen atoms in total. The molecule has 0 saturated carbocycles. The van der Waals surface area contributed by atoms with Crippen molar-refractivity contribution in [3.05, 3.63) is 0 Å². The summed E-state index contributed by atoms with van der Waals surface area (Å²) in [6.45, 7) is 5.71. The van der Waals surface area contributed by atoms with Crippen molar-refractivity contribution >= 4 is 5.97 Å². The highest BCUT2D eigenvalue weighted by atomic mass is 16.7. The normalized spacial score (nSPS) is 38.3. The number of esters is 1. The molecular weight excluding hydrogens is 440 g/mol. The third-order valence-electron chi connectivity index (χ3n) is 7.67. The minimum absolute atomic E-state index is 0.204. The first-order chi connectivity index (χ1) is 15.5. The Kier molecular flexibility index (Phi) is 9.65. The molecule has 0 aromatic rings. The molecule has 33 heavy (non-hydrogen) atoms. The van der Waals surface area contributed by atoms with Crippen LogP contribution in [0.25, 0.3) is 0 Å². The number of hydrogen-bond donors (Lipinski definition) is 7. The van der Waals surface area contributed by atoms with Crippen molar-refractivity contribution in [2.45, 2.75) is 107 Å². The molecule has 11 heteroatoms.